The van der Waals surface area contributed by atoms with Gasteiger partial charge in [0.05, 0.1) is 12.7 Å². The van der Waals surface area contributed by atoms with Gasteiger partial charge < -0.3 is 9.64 Å². The number of amides is 1. The SMILES string of the molecule is O=C(Cn1cccn1)N1CCO[C@@H](CCc2ccncn2)C1. The summed E-state index contributed by atoms with van der Waals surface area (Å²) in [6, 6.07) is 3.72. The van der Waals surface area contributed by atoms with Gasteiger partial charge >= 0.3 is 0 Å². The van der Waals surface area contributed by atoms with Gasteiger partial charge in [0.1, 0.15) is 12.9 Å². The van der Waals surface area contributed by atoms with Crippen molar-refractivity contribution in [1.82, 2.24) is 24.6 Å². The van der Waals surface area contributed by atoms with Crippen LogP contribution in [-0.4, -0.2) is 56.4 Å². The highest BCUT2D eigenvalue weighted by Gasteiger charge is 2.24. The number of rotatable bonds is 5. The van der Waals surface area contributed by atoms with Crippen LogP contribution in [0.15, 0.2) is 37.1 Å². The molecule has 0 aromatic carbocycles. The normalized spacial score (nSPS) is 18.4. The summed E-state index contributed by atoms with van der Waals surface area (Å²) in [5.41, 5.74) is 0.999. The predicted octanol–water partition coefficient (Wildman–Crippen LogP) is 0.533. The summed E-state index contributed by atoms with van der Waals surface area (Å²) in [5.74, 6) is 0.0824. The Morgan fingerprint density at radius 3 is 3.14 bits per heavy atom. The van der Waals surface area contributed by atoms with Crippen LogP contribution in [0.4, 0.5) is 0 Å². The molecular formula is C15H19N5O2. The summed E-state index contributed by atoms with van der Waals surface area (Å²) in [6.07, 6.45) is 8.50. The lowest BCUT2D eigenvalue weighted by Crippen LogP contribution is -2.46. The monoisotopic (exact) mass is 301 g/mol. The van der Waals surface area contributed by atoms with E-state index >= 15 is 0 Å². The van der Waals surface area contributed by atoms with E-state index in [0.29, 0.717) is 19.7 Å². The van der Waals surface area contributed by atoms with Gasteiger partial charge in [-0.1, -0.05) is 0 Å². The first-order valence-electron chi connectivity index (χ1n) is 7.43. The van der Waals surface area contributed by atoms with Crippen molar-refractivity contribution in [2.24, 2.45) is 0 Å². The lowest BCUT2D eigenvalue weighted by Gasteiger charge is -2.33. The average Bonchev–Trinajstić information content (AvgIpc) is 3.07. The van der Waals surface area contributed by atoms with Gasteiger partial charge in [0, 0.05) is 37.4 Å². The van der Waals surface area contributed by atoms with Crippen molar-refractivity contribution in [2.75, 3.05) is 19.7 Å². The third kappa shape index (κ3) is 3.88. The molecule has 3 heterocycles. The molecule has 0 spiro atoms. The van der Waals surface area contributed by atoms with Gasteiger partial charge in [-0.2, -0.15) is 5.10 Å². The smallest absolute Gasteiger partial charge is 0.244 e. The number of nitrogens with zero attached hydrogens (tertiary/aromatic N) is 5. The average molecular weight is 301 g/mol. The van der Waals surface area contributed by atoms with Gasteiger partial charge in [-0.25, -0.2) is 9.97 Å². The fourth-order valence-corrected chi connectivity index (χ4v) is 2.53. The van der Waals surface area contributed by atoms with Crippen LogP contribution in [0, 0.1) is 0 Å². The molecule has 1 amide bonds. The molecule has 7 nitrogen and oxygen atoms in total. The van der Waals surface area contributed by atoms with E-state index in [0.717, 1.165) is 18.5 Å². The Balaban J connectivity index is 1.49. The molecule has 0 N–H and O–H groups in total. The molecule has 3 rings (SSSR count). The Morgan fingerprint density at radius 2 is 2.36 bits per heavy atom. The van der Waals surface area contributed by atoms with E-state index in [2.05, 4.69) is 15.1 Å². The molecule has 0 bridgehead atoms. The Bertz CT molecular complexity index is 587. The van der Waals surface area contributed by atoms with Crippen molar-refractivity contribution >= 4 is 5.91 Å². The summed E-state index contributed by atoms with van der Waals surface area (Å²) >= 11 is 0. The third-order valence-electron chi connectivity index (χ3n) is 3.71. The quantitative estimate of drug-likeness (QED) is 0.805. The van der Waals surface area contributed by atoms with E-state index < -0.39 is 0 Å². The lowest BCUT2D eigenvalue weighted by atomic mass is 10.1. The highest BCUT2D eigenvalue weighted by molar-refractivity contribution is 5.76. The Labute approximate surface area is 128 Å². The number of carbonyl (C=O) groups excluding carboxylic acids is 1. The van der Waals surface area contributed by atoms with E-state index in [1.54, 1.807) is 29.6 Å². The van der Waals surface area contributed by atoms with Crippen LogP contribution in [0.2, 0.25) is 0 Å². The van der Waals surface area contributed by atoms with Gasteiger partial charge in [0.25, 0.3) is 0 Å². The molecule has 1 aliphatic heterocycles. The molecule has 0 saturated carbocycles. The van der Waals surface area contributed by atoms with Gasteiger partial charge in [-0.15, -0.1) is 0 Å². The predicted molar refractivity (Wildman–Crippen MR) is 78.9 cm³/mol. The maximum atomic E-state index is 12.3. The highest BCUT2D eigenvalue weighted by Crippen LogP contribution is 2.12. The molecule has 22 heavy (non-hydrogen) atoms. The zero-order valence-corrected chi connectivity index (χ0v) is 12.3. The molecule has 1 saturated heterocycles. The summed E-state index contributed by atoms with van der Waals surface area (Å²) in [4.78, 5) is 22.2. The molecule has 2 aromatic rings. The topological polar surface area (TPSA) is 73.1 Å². The van der Waals surface area contributed by atoms with Gasteiger partial charge in [0.15, 0.2) is 0 Å². The van der Waals surface area contributed by atoms with E-state index in [1.165, 1.54) is 0 Å². The number of morpholine rings is 1. The van der Waals surface area contributed by atoms with Crippen LogP contribution in [0.5, 0.6) is 0 Å². The minimum absolute atomic E-state index is 0.0605. The second-order valence-corrected chi connectivity index (χ2v) is 5.28. The minimum atomic E-state index is 0.0605. The number of aromatic nitrogens is 4. The summed E-state index contributed by atoms with van der Waals surface area (Å²) < 4.78 is 7.40. The van der Waals surface area contributed by atoms with Crippen molar-refractivity contribution in [3.8, 4) is 0 Å². The molecule has 116 valence electrons. The minimum Gasteiger partial charge on any atom is -0.375 e. The van der Waals surface area contributed by atoms with Crippen LogP contribution in [0.25, 0.3) is 0 Å². The van der Waals surface area contributed by atoms with Crippen molar-refractivity contribution < 1.29 is 9.53 Å². The van der Waals surface area contributed by atoms with Crippen molar-refractivity contribution in [3.05, 3.63) is 42.7 Å². The first kappa shape index (κ1) is 14.6. The summed E-state index contributed by atoms with van der Waals surface area (Å²) in [6.45, 7) is 2.14. The van der Waals surface area contributed by atoms with Crippen molar-refractivity contribution in [1.29, 1.82) is 0 Å². The largest absolute Gasteiger partial charge is 0.375 e. The first-order chi connectivity index (χ1) is 10.8. The summed E-state index contributed by atoms with van der Waals surface area (Å²) in [5, 5.41) is 4.07. The number of ether oxygens (including phenoxy) is 1. The maximum absolute atomic E-state index is 12.3. The summed E-state index contributed by atoms with van der Waals surface area (Å²) in [7, 11) is 0. The number of aryl methyl sites for hydroxylation is 1. The van der Waals surface area contributed by atoms with E-state index in [1.807, 2.05) is 17.0 Å². The number of hydrogen-bond acceptors (Lipinski definition) is 5. The molecule has 1 atom stereocenters. The third-order valence-corrected chi connectivity index (χ3v) is 3.71. The zero-order valence-electron chi connectivity index (χ0n) is 12.3. The Hall–Kier alpha value is -2.28. The van der Waals surface area contributed by atoms with Crippen LogP contribution < -0.4 is 0 Å². The Kier molecular flexibility index (Phi) is 4.75. The van der Waals surface area contributed by atoms with Crippen LogP contribution in [0.3, 0.4) is 0 Å². The van der Waals surface area contributed by atoms with E-state index in [-0.39, 0.29) is 18.6 Å². The molecule has 7 heteroatoms. The lowest BCUT2D eigenvalue weighted by molar-refractivity contribution is -0.139. The molecule has 0 aliphatic carbocycles. The van der Waals surface area contributed by atoms with Gasteiger partial charge in [-0.05, 0) is 25.0 Å². The molecule has 1 aliphatic rings. The zero-order chi connectivity index (χ0) is 15.2. The van der Waals surface area contributed by atoms with Crippen LogP contribution in [-0.2, 0) is 22.5 Å². The molecular weight excluding hydrogens is 282 g/mol. The van der Waals surface area contributed by atoms with Crippen LogP contribution in [0.1, 0.15) is 12.1 Å². The fourth-order valence-electron chi connectivity index (χ4n) is 2.53. The standard InChI is InChI=1S/C15H19N5O2/c21-15(11-20-7-1-5-18-20)19-8-9-22-14(10-19)3-2-13-4-6-16-12-17-13/h1,4-7,12,14H,2-3,8-11H2/t14-/m0/s1. The molecule has 0 radical (unpaired) electrons. The molecule has 2 aromatic heterocycles. The van der Waals surface area contributed by atoms with Gasteiger partial charge in [-0.3, -0.25) is 9.48 Å². The van der Waals surface area contributed by atoms with Gasteiger partial charge in [0.2, 0.25) is 5.91 Å². The van der Waals surface area contributed by atoms with E-state index in [4.69, 9.17) is 4.74 Å². The maximum Gasteiger partial charge on any atom is 0.244 e. The first-order valence-corrected chi connectivity index (χ1v) is 7.43. The number of hydrogen-bond donors (Lipinski definition) is 0. The Morgan fingerprint density at radius 1 is 1.41 bits per heavy atom. The second-order valence-electron chi connectivity index (χ2n) is 5.28. The van der Waals surface area contributed by atoms with E-state index in [9.17, 15) is 4.79 Å². The second kappa shape index (κ2) is 7.13. The highest BCUT2D eigenvalue weighted by atomic mass is 16.5. The van der Waals surface area contributed by atoms with Crippen molar-refractivity contribution in [2.45, 2.75) is 25.5 Å². The number of carbonyl (C=O) groups is 1. The van der Waals surface area contributed by atoms with Crippen molar-refractivity contribution in [3.63, 3.8) is 0 Å². The van der Waals surface area contributed by atoms with Crippen LogP contribution >= 0.6 is 0 Å². The molecule has 1 fully saturated rings. The fraction of sp³-hybridized carbons (Fsp3) is 0.467. The molecule has 0 unspecified atom stereocenters.